The average molecular weight is 166 g/mol. The van der Waals surface area contributed by atoms with Crippen LogP contribution in [0.5, 0.6) is 0 Å². The normalized spacial score (nSPS) is 10.4. The second kappa shape index (κ2) is 2.22. The largest absolute Gasteiger partial charge is 0.142 e. The van der Waals surface area contributed by atoms with E-state index in [1.54, 1.807) is 22.7 Å². The second-order valence-electron chi connectivity index (χ2n) is 2.01. The van der Waals surface area contributed by atoms with Gasteiger partial charge in [0.05, 0.1) is 4.70 Å². The molecule has 0 amide bonds. The number of fused-ring (bicyclic) bond motifs is 1. The summed E-state index contributed by atoms with van der Waals surface area (Å²) in [5.41, 5.74) is 1.27. The monoisotopic (exact) mass is 166 g/mol. The highest BCUT2D eigenvalue weighted by molar-refractivity contribution is 7.26. The van der Waals surface area contributed by atoms with Crippen LogP contribution in [0, 0.1) is 0 Å². The van der Waals surface area contributed by atoms with Crippen LogP contribution in [0.25, 0.3) is 15.5 Å². The summed E-state index contributed by atoms with van der Waals surface area (Å²) in [6, 6.07) is 2.15. The SMILES string of the molecule is C=Cc1csc2ccsc12. The molecule has 0 atom stereocenters. The second-order valence-corrected chi connectivity index (χ2v) is 3.84. The van der Waals surface area contributed by atoms with Gasteiger partial charge in [0.15, 0.2) is 0 Å². The molecule has 0 aromatic carbocycles. The van der Waals surface area contributed by atoms with Gasteiger partial charge in [0.2, 0.25) is 0 Å². The van der Waals surface area contributed by atoms with Gasteiger partial charge in [0, 0.05) is 15.6 Å². The van der Waals surface area contributed by atoms with Crippen LogP contribution in [0.4, 0.5) is 0 Å². The van der Waals surface area contributed by atoms with Gasteiger partial charge in [-0.05, 0) is 11.4 Å². The topological polar surface area (TPSA) is 0 Å². The fourth-order valence-electron chi connectivity index (χ4n) is 0.922. The summed E-state index contributed by atoms with van der Waals surface area (Å²) in [6.45, 7) is 3.75. The molecule has 0 saturated heterocycles. The van der Waals surface area contributed by atoms with Crippen molar-refractivity contribution in [2.45, 2.75) is 0 Å². The standard InChI is InChI=1S/C8H6S2/c1-2-6-5-10-7-3-4-9-8(6)7/h2-5H,1H2. The van der Waals surface area contributed by atoms with Crippen LogP contribution in [0.1, 0.15) is 5.56 Å². The van der Waals surface area contributed by atoms with Crippen LogP contribution in [-0.4, -0.2) is 0 Å². The van der Waals surface area contributed by atoms with E-state index < -0.39 is 0 Å². The molecule has 0 bridgehead atoms. The van der Waals surface area contributed by atoms with E-state index >= 15 is 0 Å². The first-order chi connectivity index (χ1) is 4.92. The van der Waals surface area contributed by atoms with Crippen molar-refractivity contribution in [1.82, 2.24) is 0 Å². The summed E-state index contributed by atoms with van der Waals surface area (Å²) < 4.78 is 2.75. The Labute approximate surface area is 67.4 Å². The quantitative estimate of drug-likeness (QED) is 0.607. The predicted molar refractivity (Wildman–Crippen MR) is 49.8 cm³/mol. The van der Waals surface area contributed by atoms with E-state index in [0.717, 1.165) is 0 Å². The molecule has 10 heavy (non-hydrogen) atoms. The van der Waals surface area contributed by atoms with Gasteiger partial charge in [-0.25, -0.2) is 0 Å². The fraction of sp³-hybridized carbons (Fsp3) is 0. The van der Waals surface area contributed by atoms with Gasteiger partial charge in [0.1, 0.15) is 0 Å². The number of rotatable bonds is 1. The molecule has 2 heterocycles. The zero-order valence-corrected chi connectivity index (χ0v) is 6.97. The van der Waals surface area contributed by atoms with Crippen LogP contribution in [-0.2, 0) is 0 Å². The highest BCUT2D eigenvalue weighted by Gasteiger charge is 1.99. The molecule has 0 radical (unpaired) electrons. The Kier molecular flexibility index (Phi) is 1.36. The Morgan fingerprint density at radius 3 is 3.10 bits per heavy atom. The molecule has 0 spiro atoms. The van der Waals surface area contributed by atoms with Gasteiger partial charge in [-0.2, -0.15) is 0 Å². The minimum Gasteiger partial charge on any atom is -0.142 e. The van der Waals surface area contributed by atoms with Crippen LogP contribution in [0.15, 0.2) is 23.4 Å². The Hall–Kier alpha value is -0.600. The first-order valence-corrected chi connectivity index (χ1v) is 4.75. The summed E-state index contributed by atoms with van der Waals surface area (Å²) in [4.78, 5) is 0. The third kappa shape index (κ3) is 0.728. The Morgan fingerprint density at radius 1 is 1.40 bits per heavy atom. The molecule has 0 N–H and O–H groups in total. The van der Waals surface area contributed by atoms with Crippen LogP contribution in [0.3, 0.4) is 0 Å². The molecule has 0 fully saturated rings. The van der Waals surface area contributed by atoms with Crippen LogP contribution >= 0.6 is 22.7 Å². The fourth-order valence-corrected chi connectivity index (χ4v) is 3.01. The molecule has 0 saturated carbocycles. The van der Waals surface area contributed by atoms with Crippen molar-refractivity contribution in [1.29, 1.82) is 0 Å². The van der Waals surface area contributed by atoms with E-state index in [-0.39, 0.29) is 0 Å². The van der Waals surface area contributed by atoms with Gasteiger partial charge in [-0.1, -0.05) is 12.7 Å². The van der Waals surface area contributed by atoms with Crippen LogP contribution < -0.4 is 0 Å². The summed E-state index contributed by atoms with van der Waals surface area (Å²) in [7, 11) is 0. The van der Waals surface area contributed by atoms with Gasteiger partial charge >= 0.3 is 0 Å². The molecular formula is C8H6S2. The average Bonchev–Trinajstić information content (AvgIpc) is 2.44. The summed E-state index contributed by atoms with van der Waals surface area (Å²) in [5, 5.41) is 4.27. The van der Waals surface area contributed by atoms with E-state index in [0.29, 0.717) is 0 Å². The minimum atomic E-state index is 1.27. The maximum Gasteiger partial charge on any atom is 0.0522 e. The Morgan fingerprint density at radius 2 is 2.30 bits per heavy atom. The lowest BCUT2D eigenvalue weighted by molar-refractivity contribution is 2.06. The highest BCUT2D eigenvalue weighted by atomic mass is 32.1. The summed E-state index contributed by atoms with van der Waals surface area (Å²) >= 11 is 3.57. The lowest BCUT2D eigenvalue weighted by Gasteiger charge is -1.78. The maximum atomic E-state index is 3.75. The zero-order chi connectivity index (χ0) is 6.97. The van der Waals surface area contributed by atoms with Gasteiger partial charge in [0.25, 0.3) is 0 Å². The van der Waals surface area contributed by atoms with Gasteiger partial charge in [-0.3, -0.25) is 0 Å². The van der Waals surface area contributed by atoms with Crippen molar-refractivity contribution in [3.63, 3.8) is 0 Å². The Balaban J connectivity index is 2.88. The maximum absolute atomic E-state index is 3.75. The molecule has 50 valence electrons. The Bertz CT molecular complexity index is 354. The van der Waals surface area contributed by atoms with E-state index in [2.05, 4.69) is 23.4 Å². The summed E-state index contributed by atoms with van der Waals surface area (Å²) in [6.07, 6.45) is 1.91. The van der Waals surface area contributed by atoms with E-state index in [9.17, 15) is 0 Å². The molecule has 0 aliphatic carbocycles. The van der Waals surface area contributed by atoms with Crippen molar-refractivity contribution in [2.75, 3.05) is 0 Å². The molecule has 2 aromatic rings. The third-order valence-electron chi connectivity index (χ3n) is 1.42. The van der Waals surface area contributed by atoms with Gasteiger partial charge < -0.3 is 0 Å². The summed E-state index contributed by atoms with van der Waals surface area (Å²) in [5.74, 6) is 0. The minimum absolute atomic E-state index is 1.27. The first kappa shape index (κ1) is 6.13. The molecule has 0 nitrogen and oxygen atoms in total. The number of hydrogen-bond acceptors (Lipinski definition) is 2. The van der Waals surface area contributed by atoms with Gasteiger partial charge in [-0.15, -0.1) is 22.7 Å². The molecule has 0 aliphatic rings. The van der Waals surface area contributed by atoms with Crippen molar-refractivity contribution in [2.24, 2.45) is 0 Å². The lowest BCUT2D eigenvalue weighted by atomic mass is 10.3. The van der Waals surface area contributed by atoms with Crippen molar-refractivity contribution < 1.29 is 0 Å². The molecule has 2 heteroatoms. The van der Waals surface area contributed by atoms with Crippen LogP contribution in [0.2, 0.25) is 0 Å². The molecule has 0 aliphatic heterocycles. The van der Waals surface area contributed by atoms with E-state index in [4.69, 9.17) is 0 Å². The van der Waals surface area contributed by atoms with Crippen molar-refractivity contribution >= 4 is 38.1 Å². The number of thiophene rings is 2. The smallest absolute Gasteiger partial charge is 0.0522 e. The predicted octanol–water partition coefficient (Wildman–Crippen LogP) is 3.61. The highest BCUT2D eigenvalue weighted by Crippen LogP contribution is 2.30. The zero-order valence-electron chi connectivity index (χ0n) is 5.33. The molecular weight excluding hydrogens is 160 g/mol. The van der Waals surface area contributed by atoms with Crippen molar-refractivity contribution in [3.8, 4) is 0 Å². The molecule has 0 unspecified atom stereocenters. The van der Waals surface area contributed by atoms with Crippen molar-refractivity contribution in [3.05, 3.63) is 29.0 Å². The molecule has 2 aromatic heterocycles. The first-order valence-electron chi connectivity index (χ1n) is 2.99. The molecule has 2 rings (SSSR count). The van der Waals surface area contributed by atoms with E-state index in [1.165, 1.54) is 15.0 Å². The number of hydrogen-bond donors (Lipinski definition) is 0. The lowest BCUT2D eigenvalue weighted by Crippen LogP contribution is -1.54. The van der Waals surface area contributed by atoms with E-state index in [1.807, 2.05) is 6.08 Å². The third-order valence-corrected chi connectivity index (χ3v) is 3.48.